The van der Waals surface area contributed by atoms with Gasteiger partial charge in [0.1, 0.15) is 5.75 Å². The fourth-order valence-electron chi connectivity index (χ4n) is 2.68. The van der Waals surface area contributed by atoms with Gasteiger partial charge >= 0.3 is 0 Å². The molecule has 5 heteroatoms. The van der Waals surface area contributed by atoms with E-state index in [2.05, 4.69) is 11.4 Å². The van der Waals surface area contributed by atoms with Crippen LogP contribution < -0.4 is 10.1 Å². The maximum absolute atomic E-state index is 12.6. The zero-order chi connectivity index (χ0) is 17.6. The average Bonchev–Trinajstić information content (AvgIpc) is 3.50. The number of rotatable bonds is 7. The summed E-state index contributed by atoms with van der Waals surface area (Å²) in [5.74, 6) is 0.901. The Labute approximate surface area is 147 Å². The number of amides is 1. The molecule has 0 radical (unpaired) electrons. The number of hydrogen-bond donors (Lipinski definition) is 1. The fourth-order valence-corrected chi connectivity index (χ4v) is 2.68. The van der Waals surface area contributed by atoms with Gasteiger partial charge in [-0.05, 0) is 54.8 Å². The zero-order valence-electron chi connectivity index (χ0n) is 14.2. The van der Waals surface area contributed by atoms with Crippen molar-refractivity contribution in [3.8, 4) is 11.8 Å². The molecular formula is C20H21N3O2. The first-order chi connectivity index (χ1) is 12.2. The monoisotopic (exact) mass is 335 g/mol. The molecule has 0 aliphatic heterocycles. The Bertz CT molecular complexity index is 759. The van der Waals surface area contributed by atoms with Crippen molar-refractivity contribution in [2.45, 2.75) is 25.4 Å². The van der Waals surface area contributed by atoms with E-state index >= 15 is 0 Å². The molecule has 1 amide bonds. The molecule has 1 fully saturated rings. The Morgan fingerprint density at radius 3 is 2.44 bits per heavy atom. The smallest absolute Gasteiger partial charge is 0.242 e. The van der Waals surface area contributed by atoms with E-state index in [0.717, 1.165) is 29.8 Å². The summed E-state index contributed by atoms with van der Waals surface area (Å²) in [4.78, 5) is 14.6. The van der Waals surface area contributed by atoms with E-state index in [1.54, 1.807) is 19.2 Å². The van der Waals surface area contributed by atoms with E-state index in [4.69, 9.17) is 10.00 Å². The Morgan fingerprint density at radius 1 is 1.20 bits per heavy atom. The van der Waals surface area contributed by atoms with Gasteiger partial charge in [-0.25, -0.2) is 0 Å². The van der Waals surface area contributed by atoms with Gasteiger partial charge in [-0.2, -0.15) is 5.26 Å². The van der Waals surface area contributed by atoms with Crippen molar-refractivity contribution in [2.75, 3.05) is 19.0 Å². The third kappa shape index (κ3) is 4.51. The molecule has 5 nitrogen and oxygen atoms in total. The minimum atomic E-state index is 0.0858. The van der Waals surface area contributed by atoms with E-state index in [9.17, 15) is 4.79 Å². The number of hydrogen-bond acceptors (Lipinski definition) is 4. The van der Waals surface area contributed by atoms with Crippen molar-refractivity contribution in [1.29, 1.82) is 5.26 Å². The van der Waals surface area contributed by atoms with Gasteiger partial charge in [0.15, 0.2) is 0 Å². The molecule has 128 valence electrons. The molecule has 1 aliphatic rings. The second kappa shape index (κ2) is 7.71. The molecule has 25 heavy (non-hydrogen) atoms. The van der Waals surface area contributed by atoms with Crippen molar-refractivity contribution in [3.05, 3.63) is 59.7 Å². The topological polar surface area (TPSA) is 65.4 Å². The highest BCUT2D eigenvalue weighted by molar-refractivity contribution is 5.81. The van der Waals surface area contributed by atoms with Crippen LogP contribution in [0.5, 0.6) is 5.75 Å². The minimum Gasteiger partial charge on any atom is -0.497 e. The number of nitrogens with zero attached hydrogens (tertiary/aromatic N) is 2. The highest BCUT2D eigenvalue weighted by atomic mass is 16.5. The predicted molar refractivity (Wildman–Crippen MR) is 96.2 cm³/mol. The Balaban J connectivity index is 1.59. The van der Waals surface area contributed by atoms with Crippen LogP contribution in [0.15, 0.2) is 48.5 Å². The second-order valence-corrected chi connectivity index (χ2v) is 6.14. The van der Waals surface area contributed by atoms with Gasteiger partial charge in [0.2, 0.25) is 5.91 Å². The standard InChI is InChI=1S/C20H21N3O2/c1-25-19-10-4-16(5-11-19)14-23(18-8-9-18)20(24)13-22-17-6-2-15(12-21)3-7-17/h2-7,10-11,18,22H,8-9,13-14H2,1H3. The molecule has 0 atom stereocenters. The number of carbonyl (C=O) groups excluding carboxylic acids is 1. The van der Waals surface area contributed by atoms with Crippen molar-refractivity contribution in [1.82, 2.24) is 4.90 Å². The molecule has 2 aromatic rings. The molecule has 1 N–H and O–H groups in total. The van der Waals surface area contributed by atoms with Gasteiger partial charge < -0.3 is 15.0 Å². The molecular weight excluding hydrogens is 314 g/mol. The van der Waals surface area contributed by atoms with E-state index < -0.39 is 0 Å². The number of nitrogens with one attached hydrogen (secondary N) is 1. The van der Waals surface area contributed by atoms with Gasteiger partial charge in [-0.1, -0.05) is 12.1 Å². The van der Waals surface area contributed by atoms with Gasteiger partial charge in [0, 0.05) is 18.3 Å². The summed E-state index contributed by atoms with van der Waals surface area (Å²) in [6.07, 6.45) is 2.14. The van der Waals surface area contributed by atoms with Crippen molar-refractivity contribution in [3.63, 3.8) is 0 Å². The van der Waals surface area contributed by atoms with Crippen LogP contribution in [-0.2, 0) is 11.3 Å². The Hall–Kier alpha value is -3.00. The molecule has 0 saturated heterocycles. The third-order valence-electron chi connectivity index (χ3n) is 4.28. The van der Waals surface area contributed by atoms with Gasteiger partial charge in [0.25, 0.3) is 0 Å². The average molecular weight is 335 g/mol. The van der Waals surface area contributed by atoms with Crippen LogP contribution in [0.1, 0.15) is 24.0 Å². The Kier molecular flexibility index (Phi) is 5.20. The third-order valence-corrected chi connectivity index (χ3v) is 4.28. The molecule has 0 bridgehead atoms. The normalized spacial score (nSPS) is 13.0. The van der Waals surface area contributed by atoms with Crippen LogP contribution in [0.25, 0.3) is 0 Å². The lowest BCUT2D eigenvalue weighted by molar-refractivity contribution is -0.130. The molecule has 0 heterocycles. The van der Waals surface area contributed by atoms with Crippen LogP contribution in [0, 0.1) is 11.3 Å². The lowest BCUT2D eigenvalue weighted by Crippen LogP contribution is -2.36. The Morgan fingerprint density at radius 2 is 1.88 bits per heavy atom. The highest BCUT2D eigenvalue weighted by Gasteiger charge is 2.32. The molecule has 1 saturated carbocycles. The lowest BCUT2D eigenvalue weighted by atomic mass is 10.2. The first-order valence-electron chi connectivity index (χ1n) is 8.36. The predicted octanol–water partition coefficient (Wildman–Crippen LogP) is 3.17. The summed E-state index contributed by atoms with van der Waals surface area (Å²) in [6.45, 7) is 0.862. The molecule has 0 unspecified atom stereocenters. The molecule has 2 aromatic carbocycles. The second-order valence-electron chi connectivity index (χ2n) is 6.14. The van der Waals surface area contributed by atoms with E-state index in [0.29, 0.717) is 18.2 Å². The summed E-state index contributed by atoms with van der Waals surface area (Å²) in [7, 11) is 1.64. The maximum Gasteiger partial charge on any atom is 0.242 e. The van der Waals surface area contributed by atoms with Gasteiger partial charge in [-0.3, -0.25) is 4.79 Å². The van der Waals surface area contributed by atoms with Crippen molar-refractivity contribution < 1.29 is 9.53 Å². The van der Waals surface area contributed by atoms with E-state index in [1.165, 1.54) is 0 Å². The van der Waals surface area contributed by atoms with Crippen molar-refractivity contribution in [2.24, 2.45) is 0 Å². The lowest BCUT2D eigenvalue weighted by Gasteiger charge is -2.23. The van der Waals surface area contributed by atoms with E-state index in [1.807, 2.05) is 41.3 Å². The molecule has 1 aliphatic carbocycles. The van der Waals surface area contributed by atoms with Crippen LogP contribution in [0.4, 0.5) is 5.69 Å². The molecule has 3 rings (SSSR count). The first-order valence-corrected chi connectivity index (χ1v) is 8.36. The molecule has 0 aromatic heterocycles. The van der Waals surface area contributed by atoms with Gasteiger partial charge in [-0.15, -0.1) is 0 Å². The SMILES string of the molecule is COc1ccc(CN(C(=O)CNc2ccc(C#N)cc2)C2CC2)cc1. The number of ether oxygens (including phenoxy) is 1. The number of nitriles is 1. The number of methoxy groups -OCH3 is 1. The highest BCUT2D eigenvalue weighted by Crippen LogP contribution is 2.29. The van der Waals surface area contributed by atoms with Gasteiger partial charge in [0.05, 0.1) is 25.3 Å². The summed E-state index contributed by atoms with van der Waals surface area (Å²) in [5, 5.41) is 12.0. The van der Waals surface area contributed by atoms with E-state index in [-0.39, 0.29) is 12.5 Å². The van der Waals surface area contributed by atoms with Crippen LogP contribution in [0.2, 0.25) is 0 Å². The summed E-state index contributed by atoms with van der Waals surface area (Å²) in [6, 6.07) is 17.4. The number of benzene rings is 2. The first kappa shape index (κ1) is 16.8. The molecule has 0 spiro atoms. The quantitative estimate of drug-likeness (QED) is 0.844. The number of carbonyl (C=O) groups is 1. The summed E-state index contributed by atoms with van der Waals surface area (Å²) in [5.41, 5.74) is 2.54. The van der Waals surface area contributed by atoms with Crippen LogP contribution in [-0.4, -0.2) is 30.5 Å². The minimum absolute atomic E-state index is 0.0858. The summed E-state index contributed by atoms with van der Waals surface area (Å²) >= 11 is 0. The van der Waals surface area contributed by atoms with Crippen molar-refractivity contribution >= 4 is 11.6 Å². The number of anilines is 1. The zero-order valence-corrected chi connectivity index (χ0v) is 14.2. The van der Waals surface area contributed by atoms with Crippen LogP contribution in [0.3, 0.4) is 0 Å². The van der Waals surface area contributed by atoms with Crippen LogP contribution >= 0.6 is 0 Å². The largest absolute Gasteiger partial charge is 0.497 e. The fraction of sp³-hybridized carbons (Fsp3) is 0.300. The maximum atomic E-state index is 12.6. The summed E-state index contributed by atoms with van der Waals surface area (Å²) < 4.78 is 5.17.